The number of nitrogens with zero attached hydrogens (tertiary/aromatic N) is 2. The van der Waals surface area contributed by atoms with Crippen LogP contribution in [-0.4, -0.2) is 9.49 Å². The first-order valence-electron chi connectivity index (χ1n) is 8.51. The van der Waals surface area contributed by atoms with Crippen LogP contribution in [0.3, 0.4) is 0 Å². The van der Waals surface area contributed by atoms with Crippen LogP contribution in [0.5, 0.6) is 0 Å². The van der Waals surface area contributed by atoms with Gasteiger partial charge in [0.1, 0.15) is 5.00 Å². The average molecular weight is 351 g/mol. The summed E-state index contributed by atoms with van der Waals surface area (Å²) >= 11 is 1.92. The molecule has 5 nitrogen and oxygen atoms in total. The molecule has 0 radical (unpaired) electrons. The van der Waals surface area contributed by atoms with Gasteiger partial charge < -0.3 is 9.88 Å². The Bertz CT molecular complexity index is 971. The lowest BCUT2D eigenvalue weighted by Gasteiger charge is -2.18. The third-order valence-electron chi connectivity index (χ3n) is 5.22. The Labute approximate surface area is 149 Å². The molecule has 126 valence electrons. The molecular formula is C19H17N3O2S. The topological polar surface area (TPSA) is 60.1 Å². The predicted octanol–water partition coefficient (Wildman–Crippen LogP) is 4.13. The highest BCUT2D eigenvalue weighted by atomic mass is 32.1. The highest BCUT2D eigenvalue weighted by Gasteiger charge is 2.29. The summed E-state index contributed by atoms with van der Waals surface area (Å²) in [5, 5.41) is 15.9. The SMILES string of the molecule is O=[N+]([O-])c1ccc(C2NCc3c(sc4c3CCC4)-n3cccc32)cc1. The van der Waals surface area contributed by atoms with E-state index in [4.69, 9.17) is 0 Å². The van der Waals surface area contributed by atoms with E-state index < -0.39 is 0 Å². The molecule has 1 aromatic carbocycles. The molecule has 1 atom stereocenters. The molecule has 0 saturated carbocycles. The van der Waals surface area contributed by atoms with Gasteiger partial charge in [0.25, 0.3) is 5.69 Å². The molecule has 1 unspecified atom stereocenters. The van der Waals surface area contributed by atoms with Gasteiger partial charge in [-0.2, -0.15) is 0 Å². The third-order valence-corrected chi connectivity index (χ3v) is 6.56. The minimum Gasteiger partial charge on any atom is -0.310 e. The van der Waals surface area contributed by atoms with Gasteiger partial charge in [-0.1, -0.05) is 12.1 Å². The van der Waals surface area contributed by atoms with E-state index in [0.717, 1.165) is 12.1 Å². The fourth-order valence-electron chi connectivity index (χ4n) is 4.03. The average Bonchev–Trinajstić information content (AvgIpc) is 3.30. The number of rotatable bonds is 2. The maximum Gasteiger partial charge on any atom is 0.269 e. The maximum atomic E-state index is 10.9. The van der Waals surface area contributed by atoms with E-state index in [9.17, 15) is 10.1 Å². The van der Waals surface area contributed by atoms with Crippen LogP contribution < -0.4 is 5.32 Å². The highest BCUT2D eigenvalue weighted by molar-refractivity contribution is 7.15. The van der Waals surface area contributed by atoms with Crippen molar-refractivity contribution < 1.29 is 4.92 Å². The summed E-state index contributed by atoms with van der Waals surface area (Å²) in [5.41, 5.74) is 5.34. The highest BCUT2D eigenvalue weighted by Crippen LogP contribution is 2.41. The van der Waals surface area contributed by atoms with Crippen molar-refractivity contribution in [2.45, 2.75) is 31.8 Å². The summed E-state index contributed by atoms with van der Waals surface area (Å²) < 4.78 is 2.30. The Morgan fingerprint density at radius 2 is 2.00 bits per heavy atom. The lowest BCUT2D eigenvalue weighted by molar-refractivity contribution is -0.384. The first-order chi connectivity index (χ1) is 12.2. The minimum atomic E-state index is -0.353. The molecule has 25 heavy (non-hydrogen) atoms. The van der Waals surface area contributed by atoms with E-state index in [1.54, 1.807) is 17.0 Å². The summed E-state index contributed by atoms with van der Waals surface area (Å²) in [7, 11) is 0. The molecule has 1 aliphatic carbocycles. The van der Waals surface area contributed by atoms with E-state index in [1.165, 1.54) is 41.1 Å². The molecule has 0 spiro atoms. The monoisotopic (exact) mass is 351 g/mol. The van der Waals surface area contributed by atoms with Gasteiger partial charge in [-0.15, -0.1) is 11.3 Å². The number of benzene rings is 1. The van der Waals surface area contributed by atoms with E-state index in [2.05, 4.69) is 28.2 Å². The molecule has 1 aliphatic heterocycles. The van der Waals surface area contributed by atoms with Gasteiger partial charge in [0, 0.05) is 41.0 Å². The molecule has 3 aromatic rings. The number of nitrogens with one attached hydrogen (secondary N) is 1. The first-order valence-corrected chi connectivity index (χ1v) is 9.33. The van der Waals surface area contributed by atoms with Crippen molar-refractivity contribution >= 4 is 17.0 Å². The Morgan fingerprint density at radius 1 is 1.16 bits per heavy atom. The number of fused-ring (bicyclic) bond motifs is 5. The number of hydrogen-bond acceptors (Lipinski definition) is 4. The molecular weight excluding hydrogens is 334 g/mol. The summed E-state index contributed by atoms with van der Waals surface area (Å²) in [6, 6.07) is 11.1. The van der Waals surface area contributed by atoms with Gasteiger partial charge in [-0.3, -0.25) is 10.1 Å². The van der Waals surface area contributed by atoms with Gasteiger partial charge in [0.2, 0.25) is 0 Å². The number of aryl methyl sites for hydroxylation is 1. The van der Waals surface area contributed by atoms with E-state index >= 15 is 0 Å². The normalized spacial score (nSPS) is 18.3. The first kappa shape index (κ1) is 14.9. The molecule has 1 N–H and O–H groups in total. The smallest absolute Gasteiger partial charge is 0.269 e. The molecule has 0 bridgehead atoms. The van der Waals surface area contributed by atoms with Crippen molar-refractivity contribution in [2.75, 3.05) is 0 Å². The second kappa shape index (κ2) is 5.54. The maximum absolute atomic E-state index is 10.9. The lowest BCUT2D eigenvalue weighted by atomic mass is 10.0. The minimum absolute atomic E-state index is 0.0347. The second-order valence-electron chi connectivity index (χ2n) is 6.61. The molecule has 0 saturated heterocycles. The van der Waals surface area contributed by atoms with Crippen molar-refractivity contribution in [3.05, 3.63) is 80.0 Å². The fourth-order valence-corrected chi connectivity index (χ4v) is 5.44. The quantitative estimate of drug-likeness (QED) is 0.558. The number of hydrogen-bond donors (Lipinski definition) is 1. The largest absolute Gasteiger partial charge is 0.310 e. The van der Waals surface area contributed by atoms with Gasteiger partial charge in [0.05, 0.1) is 11.0 Å². The van der Waals surface area contributed by atoms with Crippen LogP contribution >= 0.6 is 11.3 Å². The van der Waals surface area contributed by atoms with Gasteiger partial charge in [-0.05, 0) is 42.5 Å². The Kier molecular flexibility index (Phi) is 3.29. The molecule has 2 aromatic heterocycles. The summed E-state index contributed by atoms with van der Waals surface area (Å²) in [4.78, 5) is 12.1. The molecule has 2 aliphatic rings. The summed E-state index contributed by atoms with van der Waals surface area (Å²) in [6.07, 6.45) is 5.78. The molecule has 5 rings (SSSR count). The van der Waals surface area contributed by atoms with Crippen LogP contribution in [0.1, 0.15) is 39.7 Å². The number of nitro benzene ring substituents is 1. The van der Waals surface area contributed by atoms with Crippen molar-refractivity contribution in [3.8, 4) is 5.00 Å². The third kappa shape index (κ3) is 2.25. The van der Waals surface area contributed by atoms with E-state index in [-0.39, 0.29) is 16.7 Å². The lowest BCUT2D eigenvalue weighted by Crippen LogP contribution is -2.21. The van der Waals surface area contributed by atoms with Crippen LogP contribution in [0.2, 0.25) is 0 Å². The van der Waals surface area contributed by atoms with Crippen LogP contribution in [0.25, 0.3) is 5.00 Å². The zero-order chi connectivity index (χ0) is 17.0. The zero-order valence-corrected chi connectivity index (χ0v) is 14.4. The summed E-state index contributed by atoms with van der Waals surface area (Å²) in [6.45, 7) is 0.838. The van der Waals surface area contributed by atoms with Crippen LogP contribution in [0.15, 0.2) is 42.6 Å². The van der Waals surface area contributed by atoms with Crippen molar-refractivity contribution in [1.82, 2.24) is 9.88 Å². The Balaban J connectivity index is 1.59. The molecule has 6 heteroatoms. The predicted molar refractivity (Wildman–Crippen MR) is 97.5 cm³/mol. The number of non-ortho nitro benzene ring substituents is 1. The van der Waals surface area contributed by atoms with Crippen molar-refractivity contribution in [2.24, 2.45) is 0 Å². The van der Waals surface area contributed by atoms with Gasteiger partial charge in [0.15, 0.2) is 0 Å². The van der Waals surface area contributed by atoms with Crippen LogP contribution in [0.4, 0.5) is 5.69 Å². The van der Waals surface area contributed by atoms with E-state index in [1.807, 2.05) is 23.5 Å². The second-order valence-corrected chi connectivity index (χ2v) is 7.69. The van der Waals surface area contributed by atoms with Crippen molar-refractivity contribution in [1.29, 1.82) is 0 Å². The Morgan fingerprint density at radius 3 is 2.80 bits per heavy atom. The number of nitro groups is 1. The van der Waals surface area contributed by atoms with Crippen LogP contribution in [-0.2, 0) is 19.4 Å². The standard InChI is InChI=1S/C19H17N3O2S/c23-22(24)13-8-6-12(7-9-13)18-16-4-2-10-21(16)19-15(11-20-18)14-3-1-5-17(14)25-19/h2,4,6-10,18,20H,1,3,5,11H2. The van der Waals surface area contributed by atoms with E-state index in [0.29, 0.717) is 0 Å². The molecule has 0 fully saturated rings. The van der Waals surface area contributed by atoms with Gasteiger partial charge >= 0.3 is 0 Å². The van der Waals surface area contributed by atoms with Crippen LogP contribution in [0, 0.1) is 10.1 Å². The zero-order valence-electron chi connectivity index (χ0n) is 13.6. The van der Waals surface area contributed by atoms with Gasteiger partial charge in [-0.25, -0.2) is 0 Å². The number of thiophene rings is 1. The molecule has 3 heterocycles. The Hall–Kier alpha value is -2.44. The fraction of sp³-hybridized carbons (Fsp3) is 0.263. The van der Waals surface area contributed by atoms with Crippen molar-refractivity contribution in [3.63, 3.8) is 0 Å². The molecule has 0 amide bonds. The number of aromatic nitrogens is 1. The summed E-state index contributed by atoms with van der Waals surface area (Å²) in [5.74, 6) is 0.